The number of nitrogens with one attached hydrogen (secondary N) is 1. The molecule has 2 rings (SSSR count). The molecule has 2 aromatic rings. The number of thiophene rings is 1. The summed E-state index contributed by atoms with van der Waals surface area (Å²) in [4.78, 5) is 6.95. The van der Waals surface area contributed by atoms with Gasteiger partial charge in [-0.3, -0.25) is 4.98 Å². The molecule has 0 fully saturated rings. The topological polar surface area (TPSA) is 24.9 Å². The molecule has 1 N–H and O–H groups in total. The van der Waals surface area contributed by atoms with Crippen LogP contribution in [-0.2, 0) is 0 Å². The number of rotatable bonds is 4. The molecule has 4 heteroatoms. The summed E-state index contributed by atoms with van der Waals surface area (Å²) in [7, 11) is 0. The summed E-state index contributed by atoms with van der Waals surface area (Å²) in [6.07, 6.45) is 1.78. The van der Waals surface area contributed by atoms with Crippen LogP contribution in [0.15, 0.2) is 30.5 Å². The van der Waals surface area contributed by atoms with Gasteiger partial charge >= 0.3 is 0 Å². The van der Waals surface area contributed by atoms with Crippen molar-refractivity contribution in [2.75, 3.05) is 6.54 Å². The van der Waals surface area contributed by atoms with E-state index in [-0.39, 0.29) is 6.04 Å². The minimum Gasteiger partial charge on any atom is -0.305 e. The van der Waals surface area contributed by atoms with Crippen molar-refractivity contribution in [3.63, 3.8) is 0 Å². The van der Waals surface area contributed by atoms with Crippen LogP contribution in [0.5, 0.6) is 0 Å². The molecule has 0 saturated carbocycles. The zero-order valence-corrected chi connectivity index (χ0v) is 11.5. The van der Waals surface area contributed by atoms with Crippen molar-refractivity contribution in [1.29, 1.82) is 0 Å². The van der Waals surface area contributed by atoms with Gasteiger partial charge in [-0.15, -0.1) is 11.3 Å². The van der Waals surface area contributed by atoms with Gasteiger partial charge in [0.2, 0.25) is 0 Å². The second kappa shape index (κ2) is 5.63. The Morgan fingerprint density at radius 1 is 1.41 bits per heavy atom. The molecule has 0 aliphatic heterocycles. The minimum atomic E-state index is 0.0902. The summed E-state index contributed by atoms with van der Waals surface area (Å²) >= 11 is 7.99. The molecule has 1 unspecified atom stereocenters. The molecule has 90 valence electrons. The molecule has 0 aromatic carbocycles. The highest BCUT2D eigenvalue weighted by molar-refractivity contribution is 7.12. The third-order valence-corrected chi connectivity index (χ3v) is 3.90. The van der Waals surface area contributed by atoms with E-state index in [1.54, 1.807) is 17.5 Å². The zero-order valence-electron chi connectivity index (χ0n) is 9.90. The summed E-state index contributed by atoms with van der Waals surface area (Å²) in [5.74, 6) is 0. The van der Waals surface area contributed by atoms with E-state index < -0.39 is 0 Å². The van der Waals surface area contributed by atoms with Crippen molar-refractivity contribution in [3.8, 4) is 0 Å². The first-order chi connectivity index (χ1) is 8.22. The first-order valence-corrected chi connectivity index (χ1v) is 6.82. The molecule has 2 heterocycles. The smallest absolute Gasteiger partial charge is 0.0860 e. The Kier molecular flexibility index (Phi) is 4.15. The number of hydrogen-bond donors (Lipinski definition) is 1. The van der Waals surface area contributed by atoms with Gasteiger partial charge in [0.1, 0.15) is 0 Å². The minimum absolute atomic E-state index is 0.0902. The Balaban J connectivity index is 2.39. The molecule has 0 amide bonds. The van der Waals surface area contributed by atoms with E-state index in [4.69, 9.17) is 11.6 Å². The highest BCUT2D eigenvalue weighted by Gasteiger charge is 2.18. The molecule has 1 atom stereocenters. The monoisotopic (exact) mass is 266 g/mol. The van der Waals surface area contributed by atoms with Crippen LogP contribution < -0.4 is 5.32 Å². The number of hydrogen-bond acceptors (Lipinski definition) is 3. The van der Waals surface area contributed by atoms with Crippen LogP contribution >= 0.6 is 22.9 Å². The number of pyridine rings is 1. The molecule has 0 bridgehead atoms. The van der Waals surface area contributed by atoms with E-state index in [0.29, 0.717) is 5.02 Å². The van der Waals surface area contributed by atoms with E-state index in [9.17, 15) is 0 Å². The SMILES string of the molecule is CCNC(c1ccc(C)s1)c1ncccc1Cl. The second-order valence-electron chi connectivity index (χ2n) is 3.81. The summed E-state index contributed by atoms with van der Waals surface area (Å²) in [5.41, 5.74) is 0.901. The molecule has 0 saturated heterocycles. The van der Waals surface area contributed by atoms with Crippen molar-refractivity contribution >= 4 is 22.9 Å². The highest BCUT2D eigenvalue weighted by atomic mass is 35.5. The molecular weight excluding hydrogens is 252 g/mol. The first-order valence-electron chi connectivity index (χ1n) is 5.62. The molecule has 0 radical (unpaired) electrons. The Bertz CT molecular complexity index is 496. The number of nitrogens with zero attached hydrogens (tertiary/aromatic N) is 1. The van der Waals surface area contributed by atoms with E-state index in [1.165, 1.54) is 9.75 Å². The van der Waals surface area contributed by atoms with Crippen LogP contribution in [0, 0.1) is 6.92 Å². The number of aromatic nitrogens is 1. The van der Waals surface area contributed by atoms with Gasteiger partial charge in [0.15, 0.2) is 0 Å². The van der Waals surface area contributed by atoms with Gasteiger partial charge in [0, 0.05) is 16.0 Å². The fourth-order valence-corrected chi connectivity index (χ4v) is 2.94. The van der Waals surface area contributed by atoms with Crippen LogP contribution in [0.3, 0.4) is 0 Å². The second-order valence-corrected chi connectivity index (χ2v) is 5.54. The summed E-state index contributed by atoms with van der Waals surface area (Å²) in [6.45, 7) is 5.08. The van der Waals surface area contributed by atoms with E-state index in [1.807, 2.05) is 12.1 Å². The van der Waals surface area contributed by atoms with Gasteiger partial charge in [0.25, 0.3) is 0 Å². The van der Waals surface area contributed by atoms with E-state index in [0.717, 1.165) is 12.2 Å². The van der Waals surface area contributed by atoms with E-state index in [2.05, 4.69) is 36.3 Å². The maximum atomic E-state index is 6.21. The largest absolute Gasteiger partial charge is 0.305 e. The number of aryl methyl sites for hydroxylation is 1. The van der Waals surface area contributed by atoms with Gasteiger partial charge in [-0.25, -0.2) is 0 Å². The molecule has 17 heavy (non-hydrogen) atoms. The summed E-state index contributed by atoms with van der Waals surface area (Å²) in [6, 6.07) is 8.09. The Morgan fingerprint density at radius 3 is 2.82 bits per heavy atom. The zero-order chi connectivity index (χ0) is 12.3. The third kappa shape index (κ3) is 2.86. The Morgan fingerprint density at radius 2 is 2.24 bits per heavy atom. The standard InChI is InChI=1S/C13H15ClN2S/c1-3-15-13(11-7-6-9(2)17-11)12-10(14)5-4-8-16-12/h4-8,13,15H,3H2,1-2H3. The third-order valence-electron chi connectivity index (χ3n) is 2.51. The lowest BCUT2D eigenvalue weighted by Crippen LogP contribution is -2.22. The van der Waals surface area contributed by atoms with Crippen LogP contribution in [0.2, 0.25) is 5.02 Å². The van der Waals surface area contributed by atoms with Crippen LogP contribution in [-0.4, -0.2) is 11.5 Å². The lowest BCUT2D eigenvalue weighted by atomic mass is 10.1. The molecule has 2 nitrogen and oxygen atoms in total. The summed E-state index contributed by atoms with van der Waals surface area (Å²) < 4.78 is 0. The maximum Gasteiger partial charge on any atom is 0.0860 e. The predicted molar refractivity (Wildman–Crippen MR) is 73.8 cm³/mol. The maximum absolute atomic E-state index is 6.21. The van der Waals surface area contributed by atoms with Crippen LogP contribution in [0.1, 0.15) is 28.4 Å². The quantitative estimate of drug-likeness (QED) is 0.910. The van der Waals surface area contributed by atoms with Gasteiger partial charge in [0.05, 0.1) is 16.8 Å². The normalized spacial score (nSPS) is 12.6. The average molecular weight is 267 g/mol. The Labute approximate surface area is 111 Å². The fourth-order valence-electron chi connectivity index (χ4n) is 1.76. The van der Waals surface area contributed by atoms with Gasteiger partial charge < -0.3 is 5.32 Å². The van der Waals surface area contributed by atoms with Crippen molar-refractivity contribution in [2.45, 2.75) is 19.9 Å². The average Bonchev–Trinajstić information content (AvgIpc) is 2.74. The van der Waals surface area contributed by atoms with Crippen molar-refractivity contribution in [1.82, 2.24) is 10.3 Å². The van der Waals surface area contributed by atoms with Crippen LogP contribution in [0.4, 0.5) is 0 Å². The highest BCUT2D eigenvalue weighted by Crippen LogP contribution is 2.30. The van der Waals surface area contributed by atoms with Crippen LogP contribution in [0.25, 0.3) is 0 Å². The molecule has 2 aromatic heterocycles. The fraction of sp³-hybridized carbons (Fsp3) is 0.308. The predicted octanol–water partition coefficient (Wildman–Crippen LogP) is 3.80. The lowest BCUT2D eigenvalue weighted by molar-refractivity contribution is 0.624. The first kappa shape index (κ1) is 12.6. The molecular formula is C13H15ClN2S. The molecule has 0 aliphatic rings. The lowest BCUT2D eigenvalue weighted by Gasteiger charge is -2.16. The molecule has 0 aliphatic carbocycles. The molecule has 0 spiro atoms. The Hall–Kier alpha value is -0.900. The van der Waals surface area contributed by atoms with Crippen molar-refractivity contribution in [3.05, 3.63) is 50.9 Å². The van der Waals surface area contributed by atoms with Crippen molar-refractivity contribution in [2.24, 2.45) is 0 Å². The van der Waals surface area contributed by atoms with Gasteiger partial charge in [-0.2, -0.15) is 0 Å². The van der Waals surface area contributed by atoms with Crippen molar-refractivity contribution < 1.29 is 0 Å². The van der Waals surface area contributed by atoms with Gasteiger partial charge in [-0.05, 0) is 37.7 Å². The van der Waals surface area contributed by atoms with Gasteiger partial charge in [-0.1, -0.05) is 18.5 Å². The summed E-state index contributed by atoms with van der Waals surface area (Å²) in [5, 5.41) is 4.15. The number of halogens is 1. The van der Waals surface area contributed by atoms with E-state index >= 15 is 0 Å².